The number of hydrogen-bond donors (Lipinski definition) is 2. The van der Waals surface area contributed by atoms with Gasteiger partial charge in [0.15, 0.2) is 0 Å². The van der Waals surface area contributed by atoms with Gasteiger partial charge in [0.1, 0.15) is 11.3 Å². The number of nitrogens with one attached hydrogen (secondary N) is 1. The summed E-state index contributed by atoms with van der Waals surface area (Å²) in [5.41, 5.74) is 7.76. The van der Waals surface area contributed by atoms with Gasteiger partial charge >= 0.3 is 6.03 Å². The van der Waals surface area contributed by atoms with E-state index in [4.69, 9.17) is 10.2 Å². The molecular weight excluding hydrogens is 318 g/mol. The van der Waals surface area contributed by atoms with Gasteiger partial charge < -0.3 is 20.4 Å². The minimum atomic E-state index is -0.528. The smallest absolute Gasteiger partial charge is 0.321 e. The van der Waals surface area contributed by atoms with E-state index in [1.807, 2.05) is 32.0 Å². The number of carbonyl (C=O) groups is 2. The molecule has 2 aliphatic rings. The van der Waals surface area contributed by atoms with Crippen molar-refractivity contribution in [1.82, 2.24) is 4.90 Å². The van der Waals surface area contributed by atoms with Crippen molar-refractivity contribution >= 4 is 28.6 Å². The van der Waals surface area contributed by atoms with Crippen LogP contribution in [0.5, 0.6) is 0 Å². The van der Waals surface area contributed by atoms with Crippen molar-refractivity contribution in [2.45, 2.75) is 33.1 Å². The lowest BCUT2D eigenvalue weighted by Gasteiger charge is -2.24. The highest BCUT2D eigenvalue weighted by molar-refractivity contribution is 5.94. The number of anilines is 1. The molecule has 1 saturated heterocycles. The van der Waals surface area contributed by atoms with Crippen LogP contribution in [0.25, 0.3) is 11.0 Å². The monoisotopic (exact) mass is 341 g/mol. The molecule has 6 nitrogen and oxygen atoms in total. The summed E-state index contributed by atoms with van der Waals surface area (Å²) >= 11 is 0. The lowest BCUT2D eigenvalue weighted by atomic mass is 9.80. The van der Waals surface area contributed by atoms with Crippen LogP contribution in [0.1, 0.15) is 30.6 Å². The zero-order valence-corrected chi connectivity index (χ0v) is 14.6. The molecule has 1 aromatic heterocycles. The summed E-state index contributed by atoms with van der Waals surface area (Å²) in [4.78, 5) is 26.4. The van der Waals surface area contributed by atoms with E-state index >= 15 is 0 Å². The molecule has 1 aromatic carbocycles. The first-order valence-corrected chi connectivity index (χ1v) is 8.76. The number of benzene rings is 1. The molecular formula is C19H23N3O3. The summed E-state index contributed by atoms with van der Waals surface area (Å²) in [6.45, 7) is 4.96. The van der Waals surface area contributed by atoms with Crippen LogP contribution >= 0.6 is 0 Å². The molecule has 1 aliphatic heterocycles. The van der Waals surface area contributed by atoms with E-state index in [1.54, 1.807) is 4.90 Å². The minimum absolute atomic E-state index is 0.174. The van der Waals surface area contributed by atoms with Crippen LogP contribution in [0, 0.1) is 25.2 Å². The Morgan fingerprint density at radius 2 is 2.16 bits per heavy atom. The van der Waals surface area contributed by atoms with Gasteiger partial charge in [-0.05, 0) is 56.4 Å². The van der Waals surface area contributed by atoms with Gasteiger partial charge in [0.25, 0.3) is 0 Å². The van der Waals surface area contributed by atoms with Crippen LogP contribution in [0.2, 0.25) is 0 Å². The standard InChI is InChI=1S/C19H23N3O3/c1-11-12(2)25-16-6-5-14(8-15(11)16)21-18(24)22-9-13-4-3-7-19(13,10-22)17(20)23/h5-6,8,13H,3-4,7,9-10H2,1-2H3,(H2,20,23)(H,21,24)/t13-,19-/m0/s1. The van der Waals surface area contributed by atoms with Crippen LogP contribution in [0.3, 0.4) is 0 Å². The summed E-state index contributed by atoms with van der Waals surface area (Å²) < 4.78 is 5.67. The lowest BCUT2D eigenvalue weighted by Crippen LogP contribution is -2.42. The first kappa shape index (κ1) is 16.0. The average Bonchev–Trinajstić information content (AvgIpc) is 3.20. The molecule has 4 rings (SSSR count). The highest BCUT2D eigenvalue weighted by Gasteiger charge is 2.54. The Morgan fingerprint density at radius 3 is 2.88 bits per heavy atom. The maximum absolute atomic E-state index is 12.7. The molecule has 2 aromatic rings. The van der Waals surface area contributed by atoms with E-state index in [2.05, 4.69) is 5.32 Å². The molecule has 1 saturated carbocycles. The Kier molecular flexibility index (Phi) is 3.52. The number of nitrogens with two attached hydrogens (primary N) is 1. The number of nitrogens with zero attached hydrogens (tertiary/aromatic N) is 1. The van der Waals surface area contributed by atoms with Gasteiger partial charge in [-0.25, -0.2) is 4.79 Å². The third kappa shape index (κ3) is 2.39. The number of amides is 3. The van der Waals surface area contributed by atoms with Gasteiger partial charge in [-0.15, -0.1) is 0 Å². The number of carbonyl (C=O) groups excluding carboxylic acids is 2. The largest absolute Gasteiger partial charge is 0.461 e. The van der Waals surface area contributed by atoms with E-state index < -0.39 is 5.41 Å². The summed E-state index contributed by atoms with van der Waals surface area (Å²) in [7, 11) is 0. The molecule has 2 atom stereocenters. The van der Waals surface area contributed by atoms with E-state index in [1.165, 1.54) is 0 Å². The summed E-state index contributed by atoms with van der Waals surface area (Å²) in [5, 5.41) is 3.95. The Labute approximate surface area is 146 Å². The number of rotatable bonds is 2. The Balaban J connectivity index is 1.53. The van der Waals surface area contributed by atoms with E-state index in [0.29, 0.717) is 13.1 Å². The highest BCUT2D eigenvalue weighted by Crippen LogP contribution is 2.48. The molecule has 3 N–H and O–H groups in total. The highest BCUT2D eigenvalue weighted by atomic mass is 16.3. The number of aryl methyl sites for hydroxylation is 2. The second-order valence-corrected chi connectivity index (χ2v) is 7.41. The normalized spacial score (nSPS) is 25.4. The predicted octanol–water partition coefficient (Wildman–Crippen LogP) is 3.17. The van der Waals surface area contributed by atoms with Crippen molar-refractivity contribution in [3.63, 3.8) is 0 Å². The molecule has 0 bridgehead atoms. The van der Waals surface area contributed by atoms with Gasteiger partial charge in [0.2, 0.25) is 5.91 Å². The zero-order chi connectivity index (χ0) is 17.8. The van der Waals surface area contributed by atoms with Crippen LogP contribution in [0.15, 0.2) is 22.6 Å². The van der Waals surface area contributed by atoms with Crippen molar-refractivity contribution < 1.29 is 14.0 Å². The van der Waals surface area contributed by atoms with E-state index in [0.717, 1.165) is 47.2 Å². The number of likely N-dealkylation sites (tertiary alicyclic amines) is 1. The second kappa shape index (κ2) is 5.51. The minimum Gasteiger partial charge on any atom is -0.461 e. The summed E-state index contributed by atoms with van der Waals surface area (Å²) in [6, 6.07) is 5.46. The maximum Gasteiger partial charge on any atom is 0.321 e. The molecule has 2 fully saturated rings. The molecule has 6 heteroatoms. The van der Waals surface area contributed by atoms with Crippen molar-refractivity contribution in [2.24, 2.45) is 17.1 Å². The summed E-state index contributed by atoms with van der Waals surface area (Å²) in [5.74, 6) is 0.808. The molecule has 2 heterocycles. The van der Waals surface area contributed by atoms with Gasteiger partial charge in [-0.2, -0.15) is 0 Å². The van der Waals surface area contributed by atoms with Crippen molar-refractivity contribution in [1.29, 1.82) is 0 Å². The van der Waals surface area contributed by atoms with Crippen LogP contribution in [0.4, 0.5) is 10.5 Å². The van der Waals surface area contributed by atoms with Gasteiger partial charge in [0, 0.05) is 24.2 Å². The van der Waals surface area contributed by atoms with Crippen molar-refractivity contribution in [2.75, 3.05) is 18.4 Å². The van der Waals surface area contributed by atoms with Crippen LogP contribution in [-0.4, -0.2) is 29.9 Å². The van der Waals surface area contributed by atoms with Gasteiger partial charge in [-0.3, -0.25) is 4.79 Å². The van der Waals surface area contributed by atoms with Crippen LogP contribution < -0.4 is 11.1 Å². The summed E-state index contributed by atoms with van der Waals surface area (Å²) in [6.07, 6.45) is 2.77. The second-order valence-electron chi connectivity index (χ2n) is 7.41. The lowest BCUT2D eigenvalue weighted by molar-refractivity contribution is -0.128. The molecule has 3 amide bonds. The van der Waals surface area contributed by atoms with Gasteiger partial charge in [0.05, 0.1) is 5.41 Å². The first-order chi connectivity index (χ1) is 11.9. The third-order valence-electron chi connectivity index (χ3n) is 6.07. The molecule has 1 aliphatic carbocycles. The number of primary amides is 1. The quantitative estimate of drug-likeness (QED) is 0.879. The molecule has 132 valence electrons. The molecule has 0 unspecified atom stereocenters. The van der Waals surface area contributed by atoms with Crippen LogP contribution in [-0.2, 0) is 4.79 Å². The number of hydrogen-bond acceptors (Lipinski definition) is 3. The maximum atomic E-state index is 12.7. The number of furan rings is 1. The topological polar surface area (TPSA) is 88.6 Å². The molecule has 0 spiro atoms. The van der Waals surface area contributed by atoms with E-state index in [-0.39, 0.29) is 17.9 Å². The first-order valence-electron chi connectivity index (χ1n) is 8.76. The zero-order valence-electron chi connectivity index (χ0n) is 14.6. The Morgan fingerprint density at radius 1 is 1.36 bits per heavy atom. The molecule has 0 radical (unpaired) electrons. The average molecular weight is 341 g/mol. The molecule has 25 heavy (non-hydrogen) atoms. The Hall–Kier alpha value is -2.50. The fourth-order valence-electron chi connectivity index (χ4n) is 4.47. The van der Waals surface area contributed by atoms with Gasteiger partial charge in [-0.1, -0.05) is 6.42 Å². The van der Waals surface area contributed by atoms with Crippen molar-refractivity contribution in [3.05, 3.63) is 29.5 Å². The third-order valence-corrected chi connectivity index (χ3v) is 6.07. The predicted molar refractivity (Wildman–Crippen MR) is 95.2 cm³/mol. The number of fused-ring (bicyclic) bond motifs is 2. The fourth-order valence-corrected chi connectivity index (χ4v) is 4.47. The van der Waals surface area contributed by atoms with Crippen molar-refractivity contribution in [3.8, 4) is 0 Å². The fraction of sp³-hybridized carbons (Fsp3) is 0.474. The number of urea groups is 1. The van der Waals surface area contributed by atoms with E-state index in [9.17, 15) is 9.59 Å². The SMILES string of the molecule is Cc1oc2ccc(NC(=O)N3C[C@@H]4CCC[C@]4(C(N)=O)C3)cc2c1C. The Bertz CT molecular complexity index is 872.